The normalized spacial score (nSPS) is 14.0. The minimum atomic E-state index is -0.350. The van der Waals surface area contributed by atoms with Crippen molar-refractivity contribution in [3.63, 3.8) is 0 Å². The Balaban J connectivity index is 1.71. The molecule has 0 saturated carbocycles. The summed E-state index contributed by atoms with van der Waals surface area (Å²) in [7, 11) is 0. The van der Waals surface area contributed by atoms with Crippen LogP contribution in [0.1, 0.15) is 26.4 Å². The van der Waals surface area contributed by atoms with E-state index in [0.717, 1.165) is 12.0 Å². The third kappa shape index (κ3) is 4.43. The molecule has 140 valence electrons. The molecule has 8 heteroatoms. The van der Waals surface area contributed by atoms with Gasteiger partial charge in [-0.2, -0.15) is 0 Å². The van der Waals surface area contributed by atoms with Crippen LogP contribution in [0.25, 0.3) is 0 Å². The standard InChI is InChI=1S/C19H19ClN4O3/c1-13-2-3-15(11-16(13)20)22-18(26)14-4-5-21-17(10-14)19(27)24-8-6-23(12-25)7-9-24/h2-5,10-12H,6-9H2,1H3,(H,22,26). The van der Waals surface area contributed by atoms with Crippen molar-refractivity contribution < 1.29 is 14.4 Å². The van der Waals surface area contributed by atoms with Gasteiger partial charge in [-0.1, -0.05) is 17.7 Å². The highest BCUT2D eigenvalue weighted by Gasteiger charge is 2.23. The molecule has 1 saturated heterocycles. The molecule has 0 radical (unpaired) electrons. The van der Waals surface area contributed by atoms with E-state index < -0.39 is 0 Å². The van der Waals surface area contributed by atoms with Gasteiger partial charge in [-0.05, 0) is 36.8 Å². The zero-order valence-electron chi connectivity index (χ0n) is 14.8. The summed E-state index contributed by atoms with van der Waals surface area (Å²) >= 11 is 6.08. The van der Waals surface area contributed by atoms with Gasteiger partial charge in [0.05, 0.1) is 0 Å². The van der Waals surface area contributed by atoms with Crippen molar-refractivity contribution >= 4 is 35.5 Å². The van der Waals surface area contributed by atoms with Gasteiger partial charge in [0.15, 0.2) is 0 Å². The van der Waals surface area contributed by atoms with E-state index >= 15 is 0 Å². The van der Waals surface area contributed by atoms with Crippen molar-refractivity contribution in [1.82, 2.24) is 14.8 Å². The molecule has 3 rings (SSSR count). The molecule has 0 aliphatic carbocycles. The van der Waals surface area contributed by atoms with E-state index in [4.69, 9.17) is 11.6 Å². The summed E-state index contributed by atoms with van der Waals surface area (Å²) in [5, 5.41) is 3.33. The van der Waals surface area contributed by atoms with E-state index in [1.165, 1.54) is 12.3 Å². The van der Waals surface area contributed by atoms with Crippen molar-refractivity contribution in [3.8, 4) is 0 Å². The van der Waals surface area contributed by atoms with Gasteiger partial charge in [-0.25, -0.2) is 0 Å². The number of piperazine rings is 1. The molecule has 0 unspecified atom stereocenters. The van der Waals surface area contributed by atoms with Crippen LogP contribution >= 0.6 is 11.6 Å². The molecule has 1 fully saturated rings. The molecule has 3 amide bonds. The molecule has 1 aliphatic rings. The Kier molecular flexibility index (Phi) is 5.71. The Labute approximate surface area is 161 Å². The minimum Gasteiger partial charge on any atom is -0.342 e. The molecule has 7 nitrogen and oxygen atoms in total. The lowest BCUT2D eigenvalue weighted by Gasteiger charge is -2.32. The number of aromatic nitrogens is 1. The van der Waals surface area contributed by atoms with Gasteiger partial charge >= 0.3 is 0 Å². The van der Waals surface area contributed by atoms with Gasteiger partial charge in [0.1, 0.15) is 5.69 Å². The Hall–Kier alpha value is -2.93. The molecule has 2 aromatic rings. The molecular weight excluding hydrogens is 368 g/mol. The van der Waals surface area contributed by atoms with Gasteiger partial charge in [0.25, 0.3) is 11.8 Å². The number of amides is 3. The Bertz CT molecular complexity index is 879. The first kappa shape index (κ1) is 18.8. The van der Waals surface area contributed by atoms with E-state index in [1.54, 1.807) is 28.0 Å². The average molecular weight is 387 g/mol. The summed E-state index contributed by atoms with van der Waals surface area (Å²) in [5.41, 5.74) is 2.02. The number of aryl methyl sites for hydroxylation is 1. The summed E-state index contributed by atoms with van der Waals surface area (Å²) < 4.78 is 0. The van der Waals surface area contributed by atoms with Crippen molar-refractivity contribution in [1.29, 1.82) is 0 Å². The third-order valence-corrected chi connectivity index (χ3v) is 4.83. The molecule has 0 atom stereocenters. The molecule has 1 N–H and O–H groups in total. The minimum absolute atomic E-state index is 0.198. The molecule has 27 heavy (non-hydrogen) atoms. The molecule has 1 aliphatic heterocycles. The van der Waals surface area contributed by atoms with E-state index in [0.29, 0.717) is 42.5 Å². The number of carbonyl (C=O) groups excluding carboxylic acids is 3. The van der Waals surface area contributed by atoms with Crippen LogP contribution in [0.5, 0.6) is 0 Å². The van der Waals surface area contributed by atoms with Gasteiger partial charge < -0.3 is 15.1 Å². The van der Waals surface area contributed by atoms with Crippen LogP contribution in [-0.4, -0.2) is 59.2 Å². The average Bonchev–Trinajstić information content (AvgIpc) is 2.70. The van der Waals surface area contributed by atoms with E-state index in [1.807, 2.05) is 13.0 Å². The fraction of sp³-hybridized carbons (Fsp3) is 0.263. The lowest BCUT2D eigenvalue weighted by Crippen LogP contribution is -2.48. The molecule has 2 heterocycles. The molecular formula is C19H19ClN4O3. The maximum atomic E-state index is 12.6. The van der Waals surface area contributed by atoms with Crippen LogP contribution in [-0.2, 0) is 4.79 Å². The predicted octanol–water partition coefficient (Wildman–Crippen LogP) is 2.21. The summed E-state index contributed by atoms with van der Waals surface area (Å²) in [4.78, 5) is 43.2. The summed E-state index contributed by atoms with van der Waals surface area (Å²) in [5.74, 6) is -0.606. The number of hydrogen-bond acceptors (Lipinski definition) is 4. The Morgan fingerprint density at radius 2 is 1.89 bits per heavy atom. The lowest BCUT2D eigenvalue weighted by molar-refractivity contribution is -0.119. The fourth-order valence-electron chi connectivity index (χ4n) is 2.76. The van der Waals surface area contributed by atoms with Crippen molar-refractivity contribution in [3.05, 3.63) is 58.4 Å². The fourth-order valence-corrected chi connectivity index (χ4v) is 2.94. The van der Waals surface area contributed by atoms with Crippen molar-refractivity contribution in [2.75, 3.05) is 31.5 Å². The van der Waals surface area contributed by atoms with E-state index in [9.17, 15) is 14.4 Å². The second kappa shape index (κ2) is 8.18. The van der Waals surface area contributed by atoms with Gasteiger partial charge in [0, 0.05) is 48.6 Å². The van der Waals surface area contributed by atoms with Crippen LogP contribution in [0.2, 0.25) is 5.02 Å². The summed E-state index contributed by atoms with van der Waals surface area (Å²) in [6, 6.07) is 8.28. The van der Waals surface area contributed by atoms with Gasteiger partial charge in [-0.3, -0.25) is 19.4 Å². The Morgan fingerprint density at radius 3 is 2.56 bits per heavy atom. The third-order valence-electron chi connectivity index (χ3n) is 4.42. The molecule has 0 spiro atoms. The first-order valence-corrected chi connectivity index (χ1v) is 8.88. The number of pyridine rings is 1. The quantitative estimate of drug-likeness (QED) is 0.817. The van der Waals surface area contributed by atoms with Crippen molar-refractivity contribution in [2.45, 2.75) is 6.92 Å². The lowest BCUT2D eigenvalue weighted by atomic mass is 10.1. The maximum Gasteiger partial charge on any atom is 0.272 e. The Morgan fingerprint density at radius 1 is 1.15 bits per heavy atom. The second-order valence-corrected chi connectivity index (χ2v) is 6.69. The number of anilines is 1. The number of nitrogens with zero attached hydrogens (tertiary/aromatic N) is 3. The molecule has 0 bridgehead atoms. The number of carbonyl (C=O) groups is 3. The molecule has 1 aromatic heterocycles. The van der Waals surface area contributed by atoms with Crippen LogP contribution < -0.4 is 5.32 Å². The highest BCUT2D eigenvalue weighted by molar-refractivity contribution is 6.31. The smallest absolute Gasteiger partial charge is 0.272 e. The van der Waals surface area contributed by atoms with Crippen LogP contribution in [0.3, 0.4) is 0 Å². The van der Waals surface area contributed by atoms with Gasteiger partial charge in [-0.15, -0.1) is 0 Å². The topological polar surface area (TPSA) is 82.6 Å². The molecule has 1 aromatic carbocycles. The van der Waals surface area contributed by atoms with E-state index in [-0.39, 0.29) is 17.5 Å². The van der Waals surface area contributed by atoms with Crippen LogP contribution in [0, 0.1) is 6.92 Å². The zero-order valence-corrected chi connectivity index (χ0v) is 15.6. The zero-order chi connectivity index (χ0) is 19.4. The van der Waals surface area contributed by atoms with E-state index in [2.05, 4.69) is 10.3 Å². The van der Waals surface area contributed by atoms with Gasteiger partial charge in [0.2, 0.25) is 6.41 Å². The number of hydrogen-bond donors (Lipinski definition) is 1. The maximum absolute atomic E-state index is 12.6. The highest BCUT2D eigenvalue weighted by atomic mass is 35.5. The number of benzene rings is 1. The van der Waals surface area contributed by atoms with Crippen LogP contribution in [0.15, 0.2) is 36.5 Å². The monoisotopic (exact) mass is 386 g/mol. The highest BCUT2D eigenvalue weighted by Crippen LogP contribution is 2.20. The number of rotatable bonds is 4. The first-order chi connectivity index (χ1) is 13.0. The number of nitrogens with one attached hydrogen (secondary N) is 1. The van der Waals surface area contributed by atoms with Crippen LogP contribution in [0.4, 0.5) is 5.69 Å². The largest absolute Gasteiger partial charge is 0.342 e. The number of halogens is 1. The summed E-state index contributed by atoms with van der Waals surface area (Å²) in [6.07, 6.45) is 2.22. The second-order valence-electron chi connectivity index (χ2n) is 6.28. The van der Waals surface area contributed by atoms with Crippen molar-refractivity contribution in [2.24, 2.45) is 0 Å². The predicted molar refractivity (Wildman–Crippen MR) is 102 cm³/mol. The SMILES string of the molecule is Cc1ccc(NC(=O)c2ccnc(C(=O)N3CCN(C=O)CC3)c2)cc1Cl. The summed E-state index contributed by atoms with van der Waals surface area (Å²) in [6.45, 7) is 3.74. The first-order valence-electron chi connectivity index (χ1n) is 8.50.